The smallest absolute Gasteiger partial charge is 0.387 e. The summed E-state index contributed by atoms with van der Waals surface area (Å²) in [4.78, 5) is 21.4. The molecule has 3 atom stereocenters. The minimum absolute atomic E-state index is 0.0111. The molecule has 0 fully saturated rings. The molecule has 2 aliphatic heterocycles. The molecule has 1 amide bonds. The van der Waals surface area contributed by atoms with Crippen LogP contribution in [0, 0.1) is 12.7 Å². The molecule has 0 bridgehead atoms. The van der Waals surface area contributed by atoms with Crippen molar-refractivity contribution in [2.24, 2.45) is 15.1 Å². The van der Waals surface area contributed by atoms with E-state index in [2.05, 4.69) is 24.4 Å². The number of nitrogens with one attached hydrogen (secondary N) is 1. The zero-order chi connectivity index (χ0) is 25.8. The molecule has 1 aromatic heterocycles. The summed E-state index contributed by atoms with van der Waals surface area (Å²) >= 11 is 0. The topological polar surface area (TPSA) is 119 Å². The largest absolute Gasteiger partial charge is 0.433 e. The van der Waals surface area contributed by atoms with Gasteiger partial charge in [-0.1, -0.05) is 0 Å². The van der Waals surface area contributed by atoms with Gasteiger partial charge in [-0.3, -0.25) is 9.79 Å². The minimum Gasteiger partial charge on any atom is -0.433 e. The lowest BCUT2D eigenvalue weighted by Crippen LogP contribution is -2.58. The number of aryl methyl sites for hydroxylation is 1. The molecule has 1 aromatic carbocycles. The minimum atomic E-state index is -3.01. The molecule has 2 aliphatic rings. The van der Waals surface area contributed by atoms with Crippen LogP contribution in [0.1, 0.15) is 48.8 Å². The maximum absolute atomic E-state index is 15.1. The first-order valence-electron chi connectivity index (χ1n) is 10.9. The number of aromatic nitrogens is 1. The van der Waals surface area contributed by atoms with Crippen molar-refractivity contribution in [1.82, 2.24) is 4.98 Å². The van der Waals surface area contributed by atoms with Crippen LogP contribution in [0.4, 0.5) is 18.9 Å². The number of hydrogen-bond donors (Lipinski definition) is 2. The van der Waals surface area contributed by atoms with Crippen molar-refractivity contribution in [3.63, 3.8) is 0 Å². The number of rotatable bonds is 5. The number of halogens is 3. The molecule has 4 rings (SSSR count). The predicted molar refractivity (Wildman–Crippen MR) is 127 cm³/mol. The van der Waals surface area contributed by atoms with Crippen molar-refractivity contribution in [2.45, 2.75) is 56.3 Å². The van der Waals surface area contributed by atoms with Gasteiger partial charge in [0.15, 0.2) is 0 Å². The number of anilines is 1. The van der Waals surface area contributed by atoms with Crippen molar-refractivity contribution >= 4 is 27.2 Å². The second-order valence-corrected chi connectivity index (χ2v) is 12.2. The molecule has 3 heterocycles. The lowest BCUT2D eigenvalue weighted by atomic mass is 9.85. The average Bonchev–Trinajstić information content (AvgIpc) is 3.18. The van der Waals surface area contributed by atoms with Gasteiger partial charge in [-0.05, 0) is 63.9 Å². The molecule has 12 heteroatoms. The lowest BCUT2D eigenvalue weighted by Gasteiger charge is -2.44. The van der Waals surface area contributed by atoms with Crippen molar-refractivity contribution in [1.29, 1.82) is 0 Å². The van der Waals surface area contributed by atoms with Crippen LogP contribution < -0.4 is 15.8 Å². The normalized spacial score (nSPS) is 27.1. The number of nitrogens with two attached hydrogens (primary N) is 1. The summed E-state index contributed by atoms with van der Waals surface area (Å²) in [5.74, 6) is -1.25. The number of pyridine rings is 1. The van der Waals surface area contributed by atoms with Gasteiger partial charge in [0.25, 0.3) is 5.91 Å². The Morgan fingerprint density at radius 1 is 1.29 bits per heavy atom. The van der Waals surface area contributed by atoms with Gasteiger partial charge in [-0.25, -0.2) is 17.9 Å². The first kappa shape index (κ1) is 25.0. The second-order valence-electron chi connectivity index (χ2n) is 9.22. The van der Waals surface area contributed by atoms with E-state index in [4.69, 9.17) is 5.73 Å². The van der Waals surface area contributed by atoms with Crippen LogP contribution in [0.25, 0.3) is 0 Å². The van der Waals surface area contributed by atoms with Crippen LogP contribution in [0.3, 0.4) is 0 Å². The van der Waals surface area contributed by atoms with Crippen LogP contribution in [-0.2, 0) is 15.3 Å². The van der Waals surface area contributed by atoms with Crippen molar-refractivity contribution in [3.05, 3.63) is 53.1 Å². The fourth-order valence-electron chi connectivity index (χ4n) is 4.64. The summed E-state index contributed by atoms with van der Waals surface area (Å²) in [6, 6.07) is 5.27. The third-order valence-electron chi connectivity index (χ3n) is 6.65. The van der Waals surface area contributed by atoms with Gasteiger partial charge in [-0.2, -0.15) is 8.78 Å². The summed E-state index contributed by atoms with van der Waals surface area (Å²) in [5.41, 5.74) is 5.65. The first-order valence-corrected chi connectivity index (χ1v) is 12.5. The van der Waals surface area contributed by atoms with Crippen LogP contribution in [-0.4, -0.2) is 44.1 Å². The Balaban J connectivity index is 1.69. The number of alkyl halides is 2. The van der Waals surface area contributed by atoms with E-state index in [1.54, 1.807) is 20.8 Å². The third-order valence-corrected chi connectivity index (χ3v) is 10.4. The number of amidine groups is 1. The van der Waals surface area contributed by atoms with Gasteiger partial charge in [0.05, 0.1) is 21.2 Å². The molecule has 0 unspecified atom stereocenters. The highest BCUT2D eigenvalue weighted by molar-refractivity contribution is 7.96. The van der Waals surface area contributed by atoms with Gasteiger partial charge in [0.2, 0.25) is 0 Å². The van der Waals surface area contributed by atoms with Crippen LogP contribution in [0.15, 0.2) is 39.8 Å². The standard InChI is InChI=1S/C23H26F3N5O3S/c1-12-9-14(34-21(25)26)11-28-18(12)19(32)30-13-5-6-16(24)15(10-13)23(4)17-7-8-29-35(17,33)22(2,3)20(27)31-23/h5-6,9-11,17,21H,7-8H2,1-4H3,(H2,27,31)(H,30,32)/t17-,23+,35+/m0/s1. The number of amides is 1. The summed E-state index contributed by atoms with van der Waals surface area (Å²) < 4.78 is 61.7. The van der Waals surface area contributed by atoms with E-state index < -0.39 is 43.6 Å². The molecular formula is C23H26F3N5O3S. The van der Waals surface area contributed by atoms with Gasteiger partial charge in [0.1, 0.15) is 33.4 Å². The molecule has 0 spiro atoms. The van der Waals surface area contributed by atoms with Crippen LogP contribution in [0.2, 0.25) is 0 Å². The number of fused-ring (bicyclic) bond motifs is 1. The van der Waals surface area contributed by atoms with Gasteiger partial charge >= 0.3 is 6.61 Å². The van der Waals surface area contributed by atoms with Gasteiger partial charge in [-0.15, -0.1) is 0 Å². The third kappa shape index (κ3) is 4.03. The lowest BCUT2D eigenvalue weighted by molar-refractivity contribution is -0.0501. The summed E-state index contributed by atoms with van der Waals surface area (Å²) in [7, 11) is -2.85. The number of benzene rings is 1. The zero-order valence-corrected chi connectivity index (χ0v) is 20.5. The molecule has 2 aromatic rings. The number of carbonyl (C=O) groups excluding carboxylic acids is 1. The Bertz CT molecular complexity index is 1350. The fourth-order valence-corrected chi connectivity index (χ4v) is 7.80. The van der Waals surface area contributed by atoms with E-state index in [0.717, 1.165) is 6.20 Å². The zero-order valence-electron chi connectivity index (χ0n) is 19.6. The molecule has 3 N–H and O–H groups in total. The highest BCUT2D eigenvalue weighted by Crippen LogP contribution is 2.48. The molecule has 188 valence electrons. The molecule has 8 nitrogen and oxygen atoms in total. The average molecular weight is 510 g/mol. The molecule has 35 heavy (non-hydrogen) atoms. The number of carbonyl (C=O) groups is 1. The van der Waals surface area contributed by atoms with E-state index in [-0.39, 0.29) is 28.5 Å². The Labute approximate surface area is 201 Å². The highest BCUT2D eigenvalue weighted by Gasteiger charge is 2.56. The summed E-state index contributed by atoms with van der Waals surface area (Å²) in [6.45, 7) is 4.01. The van der Waals surface area contributed by atoms with Crippen LogP contribution in [0.5, 0.6) is 5.75 Å². The molecule has 0 saturated heterocycles. The van der Waals surface area contributed by atoms with Crippen molar-refractivity contribution in [2.75, 3.05) is 11.9 Å². The van der Waals surface area contributed by atoms with E-state index in [9.17, 15) is 17.8 Å². The summed E-state index contributed by atoms with van der Waals surface area (Å²) in [5, 5.41) is 2.08. The molecular weight excluding hydrogens is 483 g/mol. The fraction of sp³-hybridized carbons (Fsp3) is 0.435. The number of aliphatic imine (C=N–C) groups is 1. The maximum Gasteiger partial charge on any atom is 0.387 e. The Morgan fingerprint density at radius 2 is 2.00 bits per heavy atom. The molecule has 0 radical (unpaired) electrons. The Kier molecular flexibility index (Phi) is 6.06. The SMILES string of the molecule is Cc1cc(OC(F)F)cnc1C(=O)Nc1ccc(F)c([C@@]2(C)N=C(N)C(C)(C)[S@@]3(=O)=NCC[C@@H]23)c1. The van der Waals surface area contributed by atoms with Crippen molar-refractivity contribution < 1.29 is 26.9 Å². The highest BCUT2D eigenvalue weighted by atomic mass is 32.2. The molecule has 0 aliphatic carbocycles. The van der Waals surface area contributed by atoms with Gasteiger partial charge in [0, 0.05) is 17.8 Å². The van der Waals surface area contributed by atoms with Crippen LogP contribution >= 0.6 is 0 Å². The van der Waals surface area contributed by atoms with Gasteiger partial charge < -0.3 is 15.8 Å². The molecule has 0 saturated carbocycles. The van der Waals surface area contributed by atoms with E-state index >= 15 is 4.39 Å². The monoisotopic (exact) mass is 509 g/mol. The number of hydrogen-bond acceptors (Lipinski definition) is 7. The Morgan fingerprint density at radius 3 is 2.66 bits per heavy atom. The number of ether oxygens (including phenoxy) is 1. The second kappa shape index (κ2) is 8.51. The predicted octanol–water partition coefficient (Wildman–Crippen LogP) is 3.99. The van der Waals surface area contributed by atoms with E-state index in [0.29, 0.717) is 18.5 Å². The first-order chi connectivity index (χ1) is 16.3. The van der Waals surface area contributed by atoms with E-state index in [1.165, 1.54) is 31.2 Å². The van der Waals surface area contributed by atoms with Crippen molar-refractivity contribution in [3.8, 4) is 5.75 Å². The van der Waals surface area contributed by atoms with E-state index in [1.807, 2.05) is 0 Å². The maximum atomic E-state index is 15.1. The number of nitrogens with zero attached hydrogens (tertiary/aromatic N) is 3. The Hall–Kier alpha value is -3.15. The summed E-state index contributed by atoms with van der Waals surface area (Å²) in [6.07, 6.45) is 1.48. The quantitative estimate of drug-likeness (QED) is 0.632.